The maximum atomic E-state index is 3.97. The van der Waals surface area contributed by atoms with Crippen LogP contribution in [0.2, 0.25) is 0 Å². The number of nitrogens with one attached hydrogen (secondary N) is 2. The number of hydrogen-bond donors (Lipinski definition) is 2. The third kappa shape index (κ3) is 2.42. The van der Waals surface area contributed by atoms with Crippen molar-refractivity contribution in [3.05, 3.63) is 24.3 Å². The van der Waals surface area contributed by atoms with Crippen LogP contribution >= 0.6 is 0 Å². The van der Waals surface area contributed by atoms with Gasteiger partial charge in [0.05, 0.1) is 18.2 Å². The lowest BCUT2D eigenvalue weighted by Gasteiger charge is -2.18. The van der Waals surface area contributed by atoms with E-state index in [1.54, 1.807) is 6.33 Å². The lowest BCUT2D eigenvalue weighted by atomic mass is 9.97. The van der Waals surface area contributed by atoms with Gasteiger partial charge in [0.1, 0.15) is 0 Å². The molecule has 1 fully saturated rings. The van der Waals surface area contributed by atoms with Gasteiger partial charge in [0.15, 0.2) is 0 Å². The quantitative estimate of drug-likeness (QED) is 0.717. The molecule has 2 N–H and O–H groups in total. The molecule has 1 aromatic heterocycles. The molecule has 2 rings (SSSR count). The summed E-state index contributed by atoms with van der Waals surface area (Å²) < 4.78 is 0. The van der Waals surface area contributed by atoms with E-state index in [0.717, 1.165) is 24.7 Å². The summed E-state index contributed by atoms with van der Waals surface area (Å²) in [5, 5.41) is 3.35. The fourth-order valence-electron chi connectivity index (χ4n) is 1.63. The average Bonchev–Trinajstić information content (AvgIpc) is 2.69. The highest BCUT2D eigenvalue weighted by atomic mass is 14.9. The van der Waals surface area contributed by atoms with Crippen LogP contribution in [-0.4, -0.2) is 23.1 Å². The molecule has 1 aliphatic heterocycles. The van der Waals surface area contributed by atoms with E-state index in [0.29, 0.717) is 0 Å². The Hall–Kier alpha value is -1.09. The maximum Gasteiger partial charge on any atom is 0.0924 e. The van der Waals surface area contributed by atoms with Gasteiger partial charge in [-0.2, -0.15) is 0 Å². The highest BCUT2D eigenvalue weighted by Gasteiger charge is 2.08. The number of imidazole rings is 1. The Morgan fingerprint density at radius 1 is 1.38 bits per heavy atom. The first-order chi connectivity index (χ1) is 6.45. The molecule has 0 saturated carbocycles. The van der Waals surface area contributed by atoms with Crippen LogP contribution in [0.3, 0.4) is 0 Å². The predicted octanol–water partition coefficient (Wildman–Crippen LogP) is 1.42. The van der Waals surface area contributed by atoms with Gasteiger partial charge in [0.25, 0.3) is 0 Å². The molecule has 0 atom stereocenters. The molecule has 0 spiro atoms. The van der Waals surface area contributed by atoms with E-state index in [1.807, 2.05) is 6.20 Å². The van der Waals surface area contributed by atoms with Crippen molar-refractivity contribution in [2.75, 3.05) is 13.1 Å². The molecule has 0 aromatic carbocycles. The third-order valence-corrected chi connectivity index (χ3v) is 2.45. The first-order valence-corrected chi connectivity index (χ1v) is 4.82. The van der Waals surface area contributed by atoms with Crippen LogP contribution in [0, 0.1) is 5.92 Å². The molecule has 0 amide bonds. The molecule has 70 valence electrons. The summed E-state index contributed by atoms with van der Waals surface area (Å²) in [6.07, 6.45) is 10.5. The molecule has 1 aliphatic rings. The lowest BCUT2D eigenvalue weighted by molar-refractivity contribution is 0.438. The van der Waals surface area contributed by atoms with E-state index in [1.165, 1.54) is 12.8 Å². The van der Waals surface area contributed by atoms with Gasteiger partial charge >= 0.3 is 0 Å². The van der Waals surface area contributed by atoms with Crippen molar-refractivity contribution in [3.8, 4) is 0 Å². The fourth-order valence-corrected chi connectivity index (χ4v) is 1.63. The van der Waals surface area contributed by atoms with E-state index in [2.05, 4.69) is 27.4 Å². The molecule has 0 aliphatic carbocycles. The average molecular weight is 177 g/mol. The third-order valence-electron chi connectivity index (χ3n) is 2.45. The molecule has 3 nitrogen and oxygen atoms in total. The number of H-pyrrole nitrogens is 1. The van der Waals surface area contributed by atoms with Gasteiger partial charge in [0, 0.05) is 0 Å². The van der Waals surface area contributed by atoms with E-state index in [9.17, 15) is 0 Å². The van der Waals surface area contributed by atoms with Gasteiger partial charge in [-0.25, -0.2) is 4.98 Å². The molecule has 1 aromatic rings. The number of rotatable bonds is 2. The number of piperidine rings is 1. The van der Waals surface area contributed by atoms with E-state index in [-0.39, 0.29) is 0 Å². The molecule has 2 heterocycles. The van der Waals surface area contributed by atoms with E-state index < -0.39 is 0 Å². The van der Waals surface area contributed by atoms with Gasteiger partial charge in [-0.05, 0) is 37.9 Å². The zero-order valence-electron chi connectivity index (χ0n) is 7.66. The number of aromatic amines is 1. The first-order valence-electron chi connectivity index (χ1n) is 4.82. The second-order valence-corrected chi connectivity index (χ2v) is 3.45. The Bertz CT molecular complexity index is 258. The predicted molar refractivity (Wildman–Crippen MR) is 53.2 cm³/mol. The summed E-state index contributed by atoms with van der Waals surface area (Å²) in [6, 6.07) is 0. The number of allylic oxidation sites excluding steroid dienone is 1. The minimum Gasteiger partial charge on any atom is -0.345 e. The molecule has 1 saturated heterocycles. The van der Waals surface area contributed by atoms with E-state index in [4.69, 9.17) is 0 Å². The van der Waals surface area contributed by atoms with Gasteiger partial charge in [-0.1, -0.05) is 6.08 Å². The van der Waals surface area contributed by atoms with Crippen molar-refractivity contribution in [3.63, 3.8) is 0 Å². The Labute approximate surface area is 78.3 Å². The fraction of sp³-hybridized carbons (Fsp3) is 0.500. The monoisotopic (exact) mass is 177 g/mol. The molecular weight excluding hydrogens is 162 g/mol. The van der Waals surface area contributed by atoms with E-state index >= 15 is 0 Å². The van der Waals surface area contributed by atoms with Crippen molar-refractivity contribution < 1.29 is 0 Å². The molecule has 0 bridgehead atoms. The Morgan fingerprint density at radius 3 is 2.92 bits per heavy atom. The smallest absolute Gasteiger partial charge is 0.0924 e. The van der Waals surface area contributed by atoms with Crippen LogP contribution in [0.5, 0.6) is 0 Å². The van der Waals surface area contributed by atoms with Gasteiger partial charge in [-0.15, -0.1) is 0 Å². The van der Waals surface area contributed by atoms with Gasteiger partial charge in [-0.3, -0.25) is 0 Å². The van der Waals surface area contributed by atoms with Crippen LogP contribution in [-0.2, 0) is 0 Å². The van der Waals surface area contributed by atoms with Crippen LogP contribution in [0.1, 0.15) is 18.5 Å². The summed E-state index contributed by atoms with van der Waals surface area (Å²) in [7, 11) is 0. The lowest BCUT2D eigenvalue weighted by Crippen LogP contribution is -2.26. The first kappa shape index (κ1) is 8.51. The SMILES string of the molecule is C(=C\C1CCNCC1)/c1cnc[nH]1. The molecule has 0 radical (unpaired) electrons. The largest absolute Gasteiger partial charge is 0.345 e. The summed E-state index contributed by atoms with van der Waals surface area (Å²) >= 11 is 0. The minimum absolute atomic E-state index is 0.740. The van der Waals surface area contributed by atoms with Crippen LogP contribution in [0.4, 0.5) is 0 Å². The Kier molecular flexibility index (Phi) is 2.77. The van der Waals surface area contributed by atoms with Crippen molar-refractivity contribution in [2.45, 2.75) is 12.8 Å². The molecular formula is C10H15N3. The van der Waals surface area contributed by atoms with Crippen molar-refractivity contribution in [1.82, 2.24) is 15.3 Å². The molecule has 13 heavy (non-hydrogen) atoms. The summed E-state index contributed by atoms with van der Waals surface area (Å²) in [4.78, 5) is 7.03. The standard InChI is InChI=1S/C10H15N3/c1(2-10-7-12-8-13-10)9-3-5-11-6-4-9/h1-2,7-9,11H,3-6H2,(H,12,13)/b2-1+. The zero-order valence-corrected chi connectivity index (χ0v) is 7.66. The van der Waals surface area contributed by atoms with Crippen molar-refractivity contribution >= 4 is 6.08 Å². The van der Waals surface area contributed by atoms with Crippen molar-refractivity contribution in [1.29, 1.82) is 0 Å². The van der Waals surface area contributed by atoms with Crippen molar-refractivity contribution in [2.24, 2.45) is 5.92 Å². The summed E-state index contributed by atoms with van der Waals surface area (Å²) in [5.74, 6) is 0.740. The minimum atomic E-state index is 0.740. The topological polar surface area (TPSA) is 40.7 Å². The zero-order chi connectivity index (χ0) is 8.93. The Balaban J connectivity index is 1.89. The highest BCUT2D eigenvalue weighted by molar-refractivity contribution is 5.43. The number of aromatic nitrogens is 2. The second kappa shape index (κ2) is 4.23. The highest BCUT2D eigenvalue weighted by Crippen LogP contribution is 2.14. The normalized spacial score (nSPS) is 19.7. The van der Waals surface area contributed by atoms with Crippen LogP contribution in [0.25, 0.3) is 6.08 Å². The molecule has 3 heteroatoms. The number of nitrogens with zero attached hydrogens (tertiary/aromatic N) is 1. The van der Waals surface area contributed by atoms with Crippen LogP contribution in [0.15, 0.2) is 18.6 Å². The summed E-state index contributed by atoms with van der Waals surface area (Å²) in [5.41, 5.74) is 1.10. The number of hydrogen-bond acceptors (Lipinski definition) is 2. The summed E-state index contributed by atoms with van der Waals surface area (Å²) in [6.45, 7) is 2.30. The Morgan fingerprint density at radius 2 is 2.23 bits per heavy atom. The van der Waals surface area contributed by atoms with Gasteiger partial charge < -0.3 is 10.3 Å². The van der Waals surface area contributed by atoms with Crippen LogP contribution < -0.4 is 5.32 Å². The second-order valence-electron chi connectivity index (χ2n) is 3.45. The van der Waals surface area contributed by atoms with Gasteiger partial charge in [0.2, 0.25) is 0 Å². The molecule has 0 unspecified atom stereocenters. The maximum absolute atomic E-state index is 3.97.